The van der Waals surface area contributed by atoms with Crippen LogP contribution >= 0.6 is 0 Å². The fourth-order valence-electron chi connectivity index (χ4n) is 5.75. The fourth-order valence-corrected chi connectivity index (χ4v) is 5.75. The standard InChI is InChI=1S/C27H37N5O2/c1-3-13-30-14-11-27(12-15-30)20-31(24-9-7-22(8-10-24)23-17-28-29-18-23)26(33)32(27)19-21-5-4-6-25(16-21)34-2/h4-10,16,23,28-29H,3,11-15,17-20H2,1-2H3. The van der Waals surface area contributed by atoms with Crippen LogP contribution in [0.1, 0.15) is 43.2 Å². The second-order valence-electron chi connectivity index (χ2n) is 9.92. The molecule has 0 aliphatic carbocycles. The fraction of sp³-hybridized carbons (Fsp3) is 0.519. The van der Waals surface area contributed by atoms with Gasteiger partial charge in [0.2, 0.25) is 0 Å². The van der Waals surface area contributed by atoms with E-state index in [1.165, 1.54) is 12.0 Å². The van der Waals surface area contributed by atoms with Crippen LogP contribution in [0.2, 0.25) is 0 Å². The Hall–Kier alpha value is -2.61. The molecule has 2 N–H and O–H groups in total. The van der Waals surface area contributed by atoms with E-state index in [2.05, 4.69) is 57.9 Å². The maximum atomic E-state index is 13.9. The Morgan fingerprint density at radius 1 is 1.06 bits per heavy atom. The van der Waals surface area contributed by atoms with Crippen molar-refractivity contribution in [2.45, 2.75) is 44.2 Å². The third-order valence-electron chi connectivity index (χ3n) is 7.79. The van der Waals surface area contributed by atoms with Gasteiger partial charge in [0.1, 0.15) is 5.75 Å². The predicted octanol–water partition coefficient (Wildman–Crippen LogP) is 3.57. The molecule has 5 rings (SSSR count). The number of hydrogen-bond donors (Lipinski definition) is 2. The molecule has 3 aliphatic rings. The van der Waals surface area contributed by atoms with Crippen LogP contribution in [0.4, 0.5) is 10.5 Å². The molecule has 0 aromatic heterocycles. The van der Waals surface area contributed by atoms with Crippen LogP contribution in [-0.2, 0) is 6.54 Å². The second-order valence-corrected chi connectivity index (χ2v) is 9.92. The van der Waals surface area contributed by atoms with Crippen LogP contribution < -0.4 is 20.5 Å². The number of hydrazine groups is 1. The summed E-state index contributed by atoms with van der Waals surface area (Å²) in [5, 5.41) is 0. The topological polar surface area (TPSA) is 60.1 Å². The van der Waals surface area contributed by atoms with Crippen molar-refractivity contribution in [3.8, 4) is 5.75 Å². The minimum absolute atomic E-state index is 0.115. The first-order valence-corrected chi connectivity index (χ1v) is 12.6. The first-order valence-electron chi connectivity index (χ1n) is 12.6. The largest absolute Gasteiger partial charge is 0.497 e. The number of hydrogen-bond acceptors (Lipinski definition) is 5. The van der Waals surface area contributed by atoms with E-state index in [9.17, 15) is 4.79 Å². The number of urea groups is 1. The molecule has 3 heterocycles. The molecule has 0 bridgehead atoms. The Morgan fingerprint density at radius 3 is 2.47 bits per heavy atom. The smallest absolute Gasteiger partial charge is 0.325 e. The van der Waals surface area contributed by atoms with Gasteiger partial charge in [0.15, 0.2) is 0 Å². The number of carbonyl (C=O) groups excluding carboxylic acids is 1. The van der Waals surface area contributed by atoms with E-state index in [0.717, 1.165) is 69.1 Å². The summed E-state index contributed by atoms with van der Waals surface area (Å²) in [5.74, 6) is 1.31. The number of carbonyl (C=O) groups is 1. The van der Waals surface area contributed by atoms with Gasteiger partial charge in [0.25, 0.3) is 0 Å². The maximum Gasteiger partial charge on any atom is 0.325 e. The molecule has 2 amide bonds. The van der Waals surface area contributed by atoms with E-state index in [1.807, 2.05) is 23.1 Å². The molecule has 0 unspecified atom stereocenters. The second kappa shape index (κ2) is 9.94. The minimum Gasteiger partial charge on any atom is -0.497 e. The molecule has 2 aromatic carbocycles. The summed E-state index contributed by atoms with van der Waals surface area (Å²) in [6, 6.07) is 16.8. The quantitative estimate of drug-likeness (QED) is 0.657. The molecular formula is C27H37N5O2. The number of anilines is 1. The highest BCUT2D eigenvalue weighted by Gasteiger charge is 2.51. The number of methoxy groups -OCH3 is 1. The van der Waals surface area contributed by atoms with Gasteiger partial charge in [-0.15, -0.1) is 0 Å². The number of rotatable bonds is 7. The van der Waals surface area contributed by atoms with Crippen LogP contribution in [0.5, 0.6) is 5.75 Å². The maximum absolute atomic E-state index is 13.9. The highest BCUT2D eigenvalue weighted by Crippen LogP contribution is 2.40. The molecule has 3 saturated heterocycles. The van der Waals surface area contributed by atoms with Gasteiger partial charge in [-0.1, -0.05) is 31.2 Å². The normalized spacial score (nSPS) is 21.1. The molecule has 2 aromatic rings. The zero-order valence-electron chi connectivity index (χ0n) is 20.4. The number of nitrogens with zero attached hydrogens (tertiary/aromatic N) is 3. The Balaban J connectivity index is 1.40. The lowest BCUT2D eigenvalue weighted by Crippen LogP contribution is -2.54. The third kappa shape index (κ3) is 4.52. The van der Waals surface area contributed by atoms with Crippen molar-refractivity contribution in [2.24, 2.45) is 0 Å². The first-order chi connectivity index (χ1) is 16.6. The molecular weight excluding hydrogens is 426 g/mol. The molecule has 1 spiro atoms. The average Bonchev–Trinajstić information content (AvgIpc) is 3.50. The minimum atomic E-state index is -0.137. The van der Waals surface area contributed by atoms with E-state index < -0.39 is 0 Å². The molecule has 0 radical (unpaired) electrons. The molecule has 3 fully saturated rings. The van der Waals surface area contributed by atoms with Crippen LogP contribution in [0.3, 0.4) is 0 Å². The zero-order chi connectivity index (χ0) is 23.5. The lowest BCUT2D eigenvalue weighted by atomic mass is 9.86. The van der Waals surface area contributed by atoms with E-state index in [-0.39, 0.29) is 11.6 Å². The first kappa shape index (κ1) is 23.1. The molecule has 182 valence electrons. The lowest BCUT2D eigenvalue weighted by Gasteiger charge is -2.43. The highest BCUT2D eigenvalue weighted by molar-refractivity contribution is 5.95. The van der Waals surface area contributed by atoms with Gasteiger partial charge < -0.3 is 14.5 Å². The molecule has 7 heteroatoms. The third-order valence-corrected chi connectivity index (χ3v) is 7.79. The van der Waals surface area contributed by atoms with Crippen molar-refractivity contribution >= 4 is 11.7 Å². The lowest BCUT2D eigenvalue weighted by molar-refractivity contribution is 0.0721. The van der Waals surface area contributed by atoms with Crippen molar-refractivity contribution < 1.29 is 9.53 Å². The van der Waals surface area contributed by atoms with Crippen LogP contribution in [0.25, 0.3) is 0 Å². The predicted molar refractivity (Wildman–Crippen MR) is 135 cm³/mol. The van der Waals surface area contributed by atoms with Gasteiger partial charge in [0.05, 0.1) is 19.2 Å². The van der Waals surface area contributed by atoms with Gasteiger partial charge in [-0.25, -0.2) is 4.79 Å². The van der Waals surface area contributed by atoms with Crippen molar-refractivity contribution in [1.29, 1.82) is 0 Å². The van der Waals surface area contributed by atoms with Crippen molar-refractivity contribution in [3.63, 3.8) is 0 Å². The van der Waals surface area contributed by atoms with E-state index >= 15 is 0 Å². The Morgan fingerprint density at radius 2 is 1.79 bits per heavy atom. The number of amides is 2. The van der Waals surface area contributed by atoms with Gasteiger partial charge >= 0.3 is 6.03 Å². The van der Waals surface area contributed by atoms with Gasteiger partial charge in [-0.3, -0.25) is 15.8 Å². The number of likely N-dealkylation sites (tertiary alicyclic amines) is 1. The van der Waals surface area contributed by atoms with Crippen molar-refractivity contribution in [3.05, 3.63) is 59.7 Å². The molecule has 0 atom stereocenters. The number of ether oxygens (including phenoxy) is 1. The summed E-state index contributed by atoms with van der Waals surface area (Å²) >= 11 is 0. The summed E-state index contributed by atoms with van der Waals surface area (Å²) < 4.78 is 5.44. The molecule has 3 aliphatic heterocycles. The van der Waals surface area contributed by atoms with Gasteiger partial charge in [0, 0.05) is 44.3 Å². The highest BCUT2D eigenvalue weighted by atomic mass is 16.5. The summed E-state index contributed by atoms with van der Waals surface area (Å²) in [7, 11) is 1.69. The van der Waals surface area contributed by atoms with Crippen LogP contribution in [0.15, 0.2) is 48.5 Å². The van der Waals surface area contributed by atoms with Crippen molar-refractivity contribution in [2.75, 3.05) is 51.3 Å². The Labute approximate surface area is 203 Å². The van der Waals surface area contributed by atoms with Crippen LogP contribution in [-0.4, -0.2) is 67.7 Å². The number of piperidine rings is 1. The number of nitrogens with one attached hydrogen (secondary N) is 2. The monoisotopic (exact) mass is 463 g/mol. The molecule has 34 heavy (non-hydrogen) atoms. The van der Waals surface area contributed by atoms with E-state index in [4.69, 9.17) is 4.74 Å². The van der Waals surface area contributed by atoms with Crippen molar-refractivity contribution in [1.82, 2.24) is 20.7 Å². The molecule has 0 saturated carbocycles. The van der Waals surface area contributed by atoms with Gasteiger partial charge in [-0.05, 0) is 61.2 Å². The van der Waals surface area contributed by atoms with Crippen LogP contribution in [0, 0.1) is 0 Å². The van der Waals surface area contributed by atoms with E-state index in [0.29, 0.717) is 12.5 Å². The Bertz CT molecular complexity index is 981. The average molecular weight is 464 g/mol. The zero-order valence-corrected chi connectivity index (χ0v) is 20.4. The van der Waals surface area contributed by atoms with E-state index in [1.54, 1.807) is 7.11 Å². The number of benzene rings is 2. The summed E-state index contributed by atoms with van der Waals surface area (Å²) in [5.41, 5.74) is 9.69. The summed E-state index contributed by atoms with van der Waals surface area (Å²) in [6.07, 6.45) is 3.19. The molecule has 7 nitrogen and oxygen atoms in total. The Kier molecular flexibility index (Phi) is 6.77. The van der Waals surface area contributed by atoms with Gasteiger partial charge in [-0.2, -0.15) is 0 Å². The summed E-state index contributed by atoms with van der Waals surface area (Å²) in [4.78, 5) is 20.6. The summed E-state index contributed by atoms with van der Waals surface area (Å²) in [6.45, 7) is 8.70. The SMILES string of the molecule is CCCN1CCC2(CC1)CN(c1ccc(C3CNNC3)cc1)C(=O)N2Cc1cccc(OC)c1.